The van der Waals surface area contributed by atoms with Gasteiger partial charge in [-0.3, -0.25) is 14.8 Å². The summed E-state index contributed by atoms with van der Waals surface area (Å²) in [6, 6.07) is 6.29. The maximum absolute atomic E-state index is 12.1. The van der Waals surface area contributed by atoms with Gasteiger partial charge in [-0.1, -0.05) is 6.92 Å². The van der Waals surface area contributed by atoms with Gasteiger partial charge >= 0.3 is 0 Å². The highest BCUT2D eigenvalue weighted by atomic mass is 32.2. The Balaban J connectivity index is 2.44. The average Bonchev–Trinajstić information content (AvgIpc) is 2.55. The molecule has 0 radical (unpaired) electrons. The molecule has 22 heavy (non-hydrogen) atoms. The standard InChI is InChI=1S/C15H17N3O3S/c1-3-16-15(19)11-7-8-12(18-10-11)14-13(6-5-9-17-14)22(20,21)4-2/h5-10H,3-4H2,1-2H3,(H,16,19). The summed E-state index contributed by atoms with van der Waals surface area (Å²) in [4.78, 5) is 20.2. The molecule has 0 aliphatic carbocycles. The van der Waals surface area contributed by atoms with Crippen LogP contribution in [0.3, 0.4) is 0 Å². The van der Waals surface area contributed by atoms with Crippen molar-refractivity contribution in [3.63, 3.8) is 0 Å². The zero-order valence-corrected chi connectivity index (χ0v) is 13.2. The van der Waals surface area contributed by atoms with Crippen molar-refractivity contribution >= 4 is 15.7 Å². The third kappa shape index (κ3) is 3.30. The lowest BCUT2D eigenvalue weighted by Gasteiger charge is -2.08. The number of nitrogens with one attached hydrogen (secondary N) is 1. The first kappa shape index (κ1) is 16.1. The number of carbonyl (C=O) groups is 1. The Labute approximate surface area is 129 Å². The Hall–Kier alpha value is -2.28. The smallest absolute Gasteiger partial charge is 0.252 e. The summed E-state index contributed by atoms with van der Waals surface area (Å²) in [7, 11) is -3.39. The molecule has 2 heterocycles. The third-order valence-electron chi connectivity index (χ3n) is 3.09. The van der Waals surface area contributed by atoms with Gasteiger partial charge < -0.3 is 5.32 Å². The lowest BCUT2D eigenvalue weighted by atomic mass is 10.2. The van der Waals surface area contributed by atoms with Crippen LogP contribution in [-0.2, 0) is 9.84 Å². The first-order chi connectivity index (χ1) is 10.5. The largest absolute Gasteiger partial charge is 0.352 e. The molecule has 0 bridgehead atoms. The highest BCUT2D eigenvalue weighted by Crippen LogP contribution is 2.24. The monoisotopic (exact) mass is 319 g/mol. The van der Waals surface area contributed by atoms with Gasteiger partial charge in [0.15, 0.2) is 9.84 Å². The number of amides is 1. The van der Waals surface area contributed by atoms with Gasteiger partial charge in [0, 0.05) is 18.9 Å². The fraction of sp³-hybridized carbons (Fsp3) is 0.267. The van der Waals surface area contributed by atoms with E-state index in [1.807, 2.05) is 6.92 Å². The van der Waals surface area contributed by atoms with Crippen LogP contribution in [0.15, 0.2) is 41.6 Å². The van der Waals surface area contributed by atoms with Gasteiger partial charge in [-0.2, -0.15) is 0 Å². The second-order valence-corrected chi connectivity index (χ2v) is 6.79. The maximum Gasteiger partial charge on any atom is 0.252 e. The molecule has 1 amide bonds. The van der Waals surface area contributed by atoms with Crippen molar-refractivity contribution < 1.29 is 13.2 Å². The van der Waals surface area contributed by atoms with E-state index in [-0.39, 0.29) is 16.6 Å². The molecule has 0 aliphatic rings. The van der Waals surface area contributed by atoms with E-state index < -0.39 is 9.84 Å². The number of rotatable bonds is 5. The number of nitrogens with zero attached hydrogens (tertiary/aromatic N) is 2. The number of carbonyl (C=O) groups excluding carboxylic acids is 1. The zero-order chi connectivity index (χ0) is 16.2. The Morgan fingerprint density at radius 1 is 1.18 bits per heavy atom. The van der Waals surface area contributed by atoms with Crippen LogP contribution in [0.5, 0.6) is 0 Å². The SMILES string of the molecule is CCNC(=O)c1ccc(-c2ncccc2S(=O)(=O)CC)nc1. The molecule has 0 fully saturated rings. The van der Waals surface area contributed by atoms with Crippen LogP contribution in [0.1, 0.15) is 24.2 Å². The Morgan fingerprint density at radius 2 is 1.95 bits per heavy atom. The number of hydrogen-bond donors (Lipinski definition) is 1. The topological polar surface area (TPSA) is 89.0 Å². The molecule has 2 aromatic heterocycles. The molecule has 0 saturated heterocycles. The van der Waals surface area contributed by atoms with Crippen molar-refractivity contribution in [2.24, 2.45) is 0 Å². The second kappa shape index (κ2) is 6.65. The number of pyridine rings is 2. The van der Waals surface area contributed by atoms with Gasteiger partial charge in [-0.05, 0) is 31.2 Å². The molecule has 0 spiro atoms. The summed E-state index contributed by atoms with van der Waals surface area (Å²) in [5.41, 5.74) is 1.13. The molecular weight excluding hydrogens is 302 g/mol. The number of hydrogen-bond acceptors (Lipinski definition) is 5. The van der Waals surface area contributed by atoms with Crippen molar-refractivity contribution in [1.82, 2.24) is 15.3 Å². The van der Waals surface area contributed by atoms with Gasteiger partial charge in [0.25, 0.3) is 5.91 Å². The van der Waals surface area contributed by atoms with E-state index in [1.165, 1.54) is 18.5 Å². The lowest BCUT2D eigenvalue weighted by molar-refractivity contribution is 0.0955. The minimum Gasteiger partial charge on any atom is -0.352 e. The molecule has 0 saturated carbocycles. The van der Waals surface area contributed by atoms with Crippen molar-refractivity contribution in [2.45, 2.75) is 18.7 Å². The van der Waals surface area contributed by atoms with E-state index in [2.05, 4.69) is 15.3 Å². The van der Waals surface area contributed by atoms with Crippen molar-refractivity contribution in [2.75, 3.05) is 12.3 Å². The lowest BCUT2D eigenvalue weighted by Crippen LogP contribution is -2.22. The summed E-state index contributed by atoms with van der Waals surface area (Å²) in [5, 5.41) is 2.68. The zero-order valence-electron chi connectivity index (χ0n) is 12.4. The van der Waals surface area contributed by atoms with Crippen molar-refractivity contribution in [3.05, 3.63) is 42.2 Å². The predicted molar refractivity (Wildman–Crippen MR) is 83.2 cm³/mol. The first-order valence-corrected chi connectivity index (χ1v) is 8.57. The molecule has 0 aliphatic heterocycles. The Bertz CT molecular complexity index is 771. The van der Waals surface area contributed by atoms with Crippen molar-refractivity contribution in [3.8, 4) is 11.4 Å². The van der Waals surface area contributed by atoms with Crippen LogP contribution in [-0.4, -0.2) is 36.6 Å². The van der Waals surface area contributed by atoms with Gasteiger partial charge in [-0.15, -0.1) is 0 Å². The van der Waals surface area contributed by atoms with E-state index in [9.17, 15) is 13.2 Å². The molecule has 0 aromatic carbocycles. The molecule has 116 valence electrons. The van der Waals surface area contributed by atoms with Crippen LogP contribution in [0, 0.1) is 0 Å². The van der Waals surface area contributed by atoms with Crippen LogP contribution in [0.4, 0.5) is 0 Å². The summed E-state index contributed by atoms with van der Waals surface area (Å²) >= 11 is 0. The van der Waals surface area contributed by atoms with Gasteiger partial charge in [0.2, 0.25) is 0 Å². The van der Waals surface area contributed by atoms with E-state index >= 15 is 0 Å². The van der Waals surface area contributed by atoms with E-state index in [4.69, 9.17) is 0 Å². The van der Waals surface area contributed by atoms with E-state index in [0.717, 1.165) is 0 Å². The molecule has 0 atom stereocenters. The fourth-order valence-corrected chi connectivity index (χ4v) is 2.97. The van der Waals surface area contributed by atoms with E-state index in [1.54, 1.807) is 25.1 Å². The molecule has 7 heteroatoms. The molecule has 2 aromatic rings. The molecular formula is C15H17N3O3S. The minimum atomic E-state index is -3.39. The molecule has 1 N–H and O–H groups in total. The summed E-state index contributed by atoms with van der Waals surface area (Å²) in [6.07, 6.45) is 2.93. The Morgan fingerprint density at radius 3 is 2.55 bits per heavy atom. The number of aromatic nitrogens is 2. The van der Waals surface area contributed by atoms with E-state index in [0.29, 0.717) is 23.5 Å². The highest BCUT2D eigenvalue weighted by Gasteiger charge is 2.19. The minimum absolute atomic E-state index is 0.0112. The van der Waals surface area contributed by atoms with Crippen LogP contribution < -0.4 is 5.32 Å². The quantitative estimate of drug-likeness (QED) is 0.906. The second-order valence-electron chi connectivity index (χ2n) is 4.55. The molecule has 2 rings (SSSR count). The van der Waals surface area contributed by atoms with Gasteiger partial charge in [0.05, 0.1) is 21.9 Å². The van der Waals surface area contributed by atoms with Crippen molar-refractivity contribution in [1.29, 1.82) is 0 Å². The van der Waals surface area contributed by atoms with Crippen LogP contribution in [0.2, 0.25) is 0 Å². The number of sulfone groups is 1. The normalized spacial score (nSPS) is 11.2. The van der Waals surface area contributed by atoms with Gasteiger partial charge in [0.1, 0.15) is 5.69 Å². The fourth-order valence-electron chi connectivity index (χ4n) is 1.92. The van der Waals surface area contributed by atoms with Gasteiger partial charge in [-0.25, -0.2) is 8.42 Å². The predicted octanol–water partition coefficient (Wildman–Crippen LogP) is 1.69. The van der Waals surface area contributed by atoms with Crippen LogP contribution >= 0.6 is 0 Å². The average molecular weight is 319 g/mol. The maximum atomic E-state index is 12.1. The molecule has 6 nitrogen and oxygen atoms in total. The third-order valence-corrected chi connectivity index (χ3v) is 4.85. The highest BCUT2D eigenvalue weighted by molar-refractivity contribution is 7.91. The van der Waals surface area contributed by atoms with Crippen LogP contribution in [0.25, 0.3) is 11.4 Å². The first-order valence-electron chi connectivity index (χ1n) is 6.92. The summed E-state index contributed by atoms with van der Waals surface area (Å²) < 4.78 is 24.2. The molecule has 0 unspecified atom stereocenters. The summed E-state index contributed by atoms with van der Waals surface area (Å²) in [6.45, 7) is 3.94. The Kier molecular flexibility index (Phi) is 4.87. The summed E-state index contributed by atoms with van der Waals surface area (Å²) in [5.74, 6) is -0.230.